The maximum Gasteiger partial charge on any atom is 0.283 e. The zero-order valence-corrected chi connectivity index (χ0v) is 15.4. The Morgan fingerprint density at radius 3 is 3.16 bits per heavy atom. The summed E-state index contributed by atoms with van der Waals surface area (Å²) in [6.07, 6.45) is 13.8. The summed E-state index contributed by atoms with van der Waals surface area (Å²) in [5.74, 6) is -0.537. The third-order valence-electron chi connectivity index (χ3n) is 4.77. The Labute approximate surface area is 153 Å². The Morgan fingerprint density at radius 2 is 2.32 bits per heavy atom. The number of hydrogen-bond donors (Lipinski definition) is 1. The van der Waals surface area contributed by atoms with Crippen LogP contribution in [0.3, 0.4) is 0 Å². The van der Waals surface area contributed by atoms with Gasteiger partial charge in [0.2, 0.25) is 5.91 Å². The number of likely N-dealkylation sites (tertiary alicyclic amines) is 1. The molecule has 1 saturated heterocycles. The molecule has 2 atom stereocenters. The van der Waals surface area contributed by atoms with Gasteiger partial charge >= 0.3 is 0 Å². The first kappa shape index (κ1) is 18.1. The van der Waals surface area contributed by atoms with Gasteiger partial charge in [0.1, 0.15) is 0 Å². The molecule has 2 heterocycles. The lowest BCUT2D eigenvalue weighted by atomic mass is 10.0. The van der Waals surface area contributed by atoms with Gasteiger partial charge < -0.3 is 10.2 Å². The van der Waals surface area contributed by atoms with Crippen molar-refractivity contribution in [2.45, 2.75) is 43.9 Å². The fourth-order valence-corrected chi connectivity index (χ4v) is 4.34. The molecule has 2 amide bonds. The van der Waals surface area contributed by atoms with Crippen molar-refractivity contribution in [1.82, 2.24) is 10.2 Å². The Kier molecular flexibility index (Phi) is 6.26. The first-order chi connectivity index (χ1) is 12.1. The molecule has 2 unspecified atom stereocenters. The summed E-state index contributed by atoms with van der Waals surface area (Å²) in [4.78, 5) is 31.1. The number of piperidine rings is 1. The molecule has 1 fully saturated rings. The van der Waals surface area contributed by atoms with E-state index < -0.39 is 0 Å². The molecule has 0 aromatic heterocycles. The average molecular weight is 359 g/mol. The normalized spacial score (nSPS) is 28.0. The molecule has 1 aliphatic carbocycles. The first-order valence-electron chi connectivity index (χ1n) is 9.01. The molecule has 0 aromatic carbocycles. The van der Waals surface area contributed by atoms with Crippen LogP contribution in [0.2, 0.25) is 0 Å². The largest absolute Gasteiger partial charge is 0.352 e. The smallest absolute Gasteiger partial charge is 0.283 e. The highest BCUT2D eigenvalue weighted by Crippen LogP contribution is 2.31. The van der Waals surface area contributed by atoms with Crippen LogP contribution in [0.15, 0.2) is 40.3 Å². The van der Waals surface area contributed by atoms with Crippen LogP contribution in [0.5, 0.6) is 0 Å². The highest BCUT2D eigenvalue weighted by Gasteiger charge is 2.26. The second kappa shape index (κ2) is 8.63. The van der Waals surface area contributed by atoms with Crippen LogP contribution in [0, 0.1) is 0 Å². The lowest BCUT2D eigenvalue weighted by Gasteiger charge is -2.33. The highest BCUT2D eigenvalue weighted by molar-refractivity contribution is 8.05. The number of nitrogens with one attached hydrogen (secondary N) is 1. The molecule has 0 spiro atoms. The van der Waals surface area contributed by atoms with Gasteiger partial charge in [-0.15, -0.1) is 11.8 Å². The van der Waals surface area contributed by atoms with Crippen LogP contribution in [0.1, 0.15) is 32.6 Å². The summed E-state index contributed by atoms with van der Waals surface area (Å²) in [6.45, 7) is 5.08. The van der Waals surface area contributed by atoms with Crippen molar-refractivity contribution in [3.05, 3.63) is 35.3 Å². The summed E-state index contributed by atoms with van der Waals surface area (Å²) < 4.78 is 0. The van der Waals surface area contributed by atoms with Gasteiger partial charge in [-0.3, -0.25) is 9.59 Å². The van der Waals surface area contributed by atoms with Crippen LogP contribution in [0.4, 0.5) is 0 Å². The van der Waals surface area contributed by atoms with Crippen molar-refractivity contribution in [2.24, 2.45) is 4.99 Å². The predicted octanol–water partition coefficient (Wildman–Crippen LogP) is 2.46. The number of fused-ring (bicyclic) bond motifs is 1. The van der Waals surface area contributed by atoms with Crippen LogP contribution in [0.25, 0.3) is 0 Å². The molecular formula is C19H25N3O2S. The minimum absolute atomic E-state index is 0.0299. The molecule has 0 bridgehead atoms. The van der Waals surface area contributed by atoms with E-state index in [4.69, 9.17) is 0 Å². The number of rotatable bonds is 5. The van der Waals surface area contributed by atoms with Gasteiger partial charge in [0.15, 0.2) is 0 Å². The van der Waals surface area contributed by atoms with Gasteiger partial charge in [-0.05, 0) is 38.8 Å². The molecule has 134 valence electrons. The molecule has 0 saturated carbocycles. The van der Waals surface area contributed by atoms with Gasteiger partial charge in [-0.25, -0.2) is 4.99 Å². The van der Waals surface area contributed by atoms with Crippen LogP contribution < -0.4 is 5.32 Å². The lowest BCUT2D eigenvalue weighted by molar-refractivity contribution is -0.117. The number of thioether (sulfide) groups is 1. The monoisotopic (exact) mass is 359 g/mol. The average Bonchev–Trinajstić information content (AvgIpc) is 2.61. The maximum absolute atomic E-state index is 12.1. The van der Waals surface area contributed by atoms with Gasteiger partial charge in [0.05, 0.1) is 15.9 Å². The Hall–Kier alpha value is -1.66. The molecule has 0 aromatic rings. The molecular weight excluding hydrogens is 334 g/mol. The molecule has 25 heavy (non-hydrogen) atoms. The summed E-state index contributed by atoms with van der Waals surface area (Å²) in [5, 5.41) is 2.92. The van der Waals surface area contributed by atoms with E-state index in [0.717, 1.165) is 25.2 Å². The van der Waals surface area contributed by atoms with Gasteiger partial charge in [0.25, 0.3) is 5.91 Å². The fraction of sp³-hybridized carbons (Fsp3) is 0.526. The number of nitrogens with zero attached hydrogens (tertiary/aromatic N) is 2. The van der Waals surface area contributed by atoms with Crippen molar-refractivity contribution in [3.8, 4) is 0 Å². The highest BCUT2D eigenvalue weighted by atomic mass is 32.2. The van der Waals surface area contributed by atoms with E-state index in [-0.39, 0.29) is 17.1 Å². The Bertz CT molecular complexity index is 651. The van der Waals surface area contributed by atoms with Crippen LogP contribution >= 0.6 is 11.8 Å². The van der Waals surface area contributed by atoms with E-state index in [9.17, 15) is 9.59 Å². The van der Waals surface area contributed by atoms with Crippen molar-refractivity contribution < 1.29 is 9.59 Å². The third kappa shape index (κ3) is 4.92. The number of hydrogen-bond acceptors (Lipinski definition) is 4. The molecule has 3 aliphatic rings. The molecule has 6 heteroatoms. The molecule has 1 N–H and O–H groups in total. The Morgan fingerprint density at radius 1 is 1.44 bits per heavy atom. The van der Waals surface area contributed by atoms with E-state index in [1.807, 2.05) is 24.3 Å². The zero-order chi connectivity index (χ0) is 17.6. The minimum Gasteiger partial charge on any atom is -0.352 e. The number of carbonyl (C=O) groups is 2. The molecule has 5 nitrogen and oxygen atoms in total. The molecule has 0 radical (unpaired) electrons. The number of amides is 2. The predicted molar refractivity (Wildman–Crippen MR) is 103 cm³/mol. The lowest BCUT2D eigenvalue weighted by Crippen LogP contribution is -2.39. The minimum atomic E-state index is -0.325. The van der Waals surface area contributed by atoms with E-state index >= 15 is 0 Å². The van der Waals surface area contributed by atoms with Gasteiger partial charge in [-0.2, -0.15) is 0 Å². The molecule has 3 rings (SSSR count). The standard InChI is InChI=1S/C19H25N3O2S/c1-14-7-4-5-11-22(14)12-6-10-20-18(23)13-17-19(24)21-15-8-2-3-9-16(15)25-17/h2-3,8-9,13-14,16H,4-7,10-12H2,1H3,(H,20,23)/b17-13-. The second-order valence-electron chi connectivity index (χ2n) is 6.66. The van der Waals surface area contributed by atoms with Crippen molar-refractivity contribution in [2.75, 3.05) is 19.6 Å². The maximum atomic E-state index is 12.1. The van der Waals surface area contributed by atoms with Crippen LogP contribution in [-0.2, 0) is 9.59 Å². The quantitative estimate of drug-likeness (QED) is 0.605. The number of carbonyl (C=O) groups excluding carboxylic acids is 2. The van der Waals surface area contributed by atoms with E-state index in [0.29, 0.717) is 17.5 Å². The summed E-state index contributed by atoms with van der Waals surface area (Å²) >= 11 is 1.39. The van der Waals surface area contributed by atoms with Crippen molar-refractivity contribution >= 4 is 29.3 Å². The van der Waals surface area contributed by atoms with Crippen molar-refractivity contribution in [1.29, 1.82) is 0 Å². The van der Waals surface area contributed by atoms with Gasteiger partial charge in [-0.1, -0.05) is 24.6 Å². The summed E-state index contributed by atoms with van der Waals surface area (Å²) in [7, 11) is 0. The van der Waals surface area contributed by atoms with E-state index in [2.05, 4.69) is 22.1 Å². The van der Waals surface area contributed by atoms with E-state index in [1.165, 1.54) is 37.1 Å². The number of aliphatic imine (C=N–C) groups is 1. The second-order valence-corrected chi connectivity index (χ2v) is 7.84. The summed E-state index contributed by atoms with van der Waals surface area (Å²) in [6, 6.07) is 0.646. The fourth-order valence-electron chi connectivity index (χ4n) is 3.32. The first-order valence-corrected chi connectivity index (χ1v) is 9.89. The zero-order valence-electron chi connectivity index (χ0n) is 14.6. The third-order valence-corrected chi connectivity index (χ3v) is 5.97. The van der Waals surface area contributed by atoms with Crippen LogP contribution in [-0.4, -0.2) is 53.4 Å². The topological polar surface area (TPSA) is 61.8 Å². The van der Waals surface area contributed by atoms with Crippen molar-refractivity contribution in [3.63, 3.8) is 0 Å². The van der Waals surface area contributed by atoms with Gasteiger partial charge in [0, 0.05) is 25.2 Å². The molecule has 2 aliphatic heterocycles. The number of allylic oxidation sites excluding steroid dienone is 3. The summed E-state index contributed by atoms with van der Waals surface area (Å²) in [5.41, 5.74) is 0.755. The van der Waals surface area contributed by atoms with E-state index in [1.54, 1.807) is 0 Å². The Balaban J connectivity index is 1.45. The SMILES string of the molecule is CC1CCCCN1CCCNC(=O)/C=C1\SC2C=CC=CC2=NC1=O.